The molecule has 6 heteroatoms. The van der Waals surface area contributed by atoms with Crippen LogP contribution in [0.15, 0.2) is 16.6 Å². The number of halogens is 3. The van der Waals surface area contributed by atoms with Gasteiger partial charge in [-0.2, -0.15) is 0 Å². The van der Waals surface area contributed by atoms with Gasteiger partial charge >= 0.3 is 0 Å². The number of methoxy groups -OCH3 is 1. The van der Waals surface area contributed by atoms with Gasteiger partial charge in [-0.05, 0) is 22.0 Å². The number of nitrogens with two attached hydrogens (primary N) is 1. The van der Waals surface area contributed by atoms with Crippen molar-refractivity contribution < 1.29 is 18.3 Å². The lowest BCUT2D eigenvalue weighted by molar-refractivity contribution is -0.0796. The van der Waals surface area contributed by atoms with E-state index in [4.69, 9.17) is 15.2 Å². The Morgan fingerprint density at radius 2 is 2.12 bits per heavy atom. The van der Waals surface area contributed by atoms with Gasteiger partial charge in [0.2, 0.25) is 0 Å². The zero-order valence-electron chi connectivity index (χ0n) is 9.12. The maximum Gasteiger partial charge on any atom is 0.169 e. The topological polar surface area (TPSA) is 44.5 Å². The highest BCUT2D eigenvalue weighted by atomic mass is 79.9. The Morgan fingerprint density at radius 1 is 1.41 bits per heavy atom. The lowest BCUT2D eigenvalue weighted by atomic mass is 9.86. The third kappa shape index (κ3) is 2.43. The molecule has 1 aliphatic rings. The third-order valence-electron chi connectivity index (χ3n) is 2.80. The molecule has 1 saturated carbocycles. The van der Waals surface area contributed by atoms with Gasteiger partial charge in [0.25, 0.3) is 0 Å². The van der Waals surface area contributed by atoms with E-state index in [1.165, 1.54) is 7.11 Å². The number of rotatable bonds is 3. The molecule has 3 nitrogen and oxygen atoms in total. The van der Waals surface area contributed by atoms with E-state index >= 15 is 0 Å². The Hall–Kier alpha value is -0.720. The minimum absolute atomic E-state index is 0.00894. The predicted octanol–water partition coefficient (Wildman–Crippen LogP) is 2.22. The average molecular weight is 308 g/mol. The second-order valence-corrected chi connectivity index (χ2v) is 4.81. The van der Waals surface area contributed by atoms with E-state index in [0.29, 0.717) is 6.42 Å². The summed E-state index contributed by atoms with van der Waals surface area (Å²) in [5.74, 6) is -1.41. The largest absolute Gasteiger partial charge is 0.483 e. The second kappa shape index (κ2) is 4.88. The molecule has 1 aliphatic carbocycles. The number of hydrogen-bond donors (Lipinski definition) is 1. The first-order chi connectivity index (χ1) is 8.02. The molecule has 94 valence electrons. The molecule has 0 saturated heterocycles. The maximum absolute atomic E-state index is 13.5. The molecule has 1 aromatic rings. The van der Waals surface area contributed by atoms with Crippen LogP contribution >= 0.6 is 15.9 Å². The highest BCUT2D eigenvalue weighted by Crippen LogP contribution is 2.34. The molecule has 0 bridgehead atoms. The molecule has 1 fully saturated rings. The molecule has 2 rings (SSSR count). The van der Waals surface area contributed by atoms with Gasteiger partial charge in [0.1, 0.15) is 18.0 Å². The molecule has 3 atom stereocenters. The molecule has 3 unspecified atom stereocenters. The Balaban J connectivity index is 2.14. The van der Waals surface area contributed by atoms with Crippen LogP contribution in [0.3, 0.4) is 0 Å². The Bertz CT molecular complexity index is 407. The van der Waals surface area contributed by atoms with Gasteiger partial charge in [0.15, 0.2) is 11.6 Å². The van der Waals surface area contributed by atoms with Crippen LogP contribution < -0.4 is 10.5 Å². The summed E-state index contributed by atoms with van der Waals surface area (Å²) < 4.78 is 37.2. The van der Waals surface area contributed by atoms with Gasteiger partial charge < -0.3 is 15.2 Å². The zero-order chi connectivity index (χ0) is 12.6. The van der Waals surface area contributed by atoms with E-state index in [1.54, 1.807) is 0 Å². The third-order valence-corrected chi connectivity index (χ3v) is 3.39. The van der Waals surface area contributed by atoms with E-state index in [0.717, 1.165) is 12.1 Å². The van der Waals surface area contributed by atoms with Crippen LogP contribution in [0.5, 0.6) is 5.75 Å². The van der Waals surface area contributed by atoms with Crippen molar-refractivity contribution in [2.75, 3.05) is 7.11 Å². The lowest BCUT2D eigenvalue weighted by Crippen LogP contribution is -2.59. The summed E-state index contributed by atoms with van der Waals surface area (Å²) >= 11 is 3.06. The average Bonchev–Trinajstić information content (AvgIpc) is 2.21. The summed E-state index contributed by atoms with van der Waals surface area (Å²) in [4.78, 5) is 0. The fourth-order valence-corrected chi connectivity index (χ4v) is 2.35. The molecule has 0 aliphatic heterocycles. The highest BCUT2D eigenvalue weighted by Gasteiger charge is 2.41. The molecule has 0 aromatic heterocycles. The van der Waals surface area contributed by atoms with Crippen LogP contribution in [-0.4, -0.2) is 25.4 Å². The first-order valence-corrected chi connectivity index (χ1v) is 5.91. The number of hydrogen-bond acceptors (Lipinski definition) is 3. The van der Waals surface area contributed by atoms with Crippen molar-refractivity contribution in [2.45, 2.75) is 24.7 Å². The summed E-state index contributed by atoms with van der Waals surface area (Å²) in [6.45, 7) is 0. The zero-order valence-corrected chi connectivity index (χ0v) is 10.7. The SMILES string of the molecule is COC1C(N)CC1Oc1c(F)cc(F)cc1Br. The molecular formula is C11H12BrF2NO2. The van der Waals surface area contributed by atoms with E-state index in [-0.39, 0.29) is 28.5 Å². The first kappa shape index (κ1) is 12.7. The van der Waals surface area contributed by atoms with Crippen LogP contribution in [0.4, 0.5) is 8.78 Å². The summed E-state index contributed by atoms with van der Waals surface area (Å²) in [5.41, 5.74) is 5.71. The molecule has 0 amide bonds. The van der Waals surface area contributed by atoms with Gasteiger partial charge in [-0.1, -0.05) is 0 Å². The Labute approximate surface area is 106 Å². The van der Waals surface area contributed by atoms with Crippen molar-refractivity contribution in [3.8, 4) is 5.75 Å². The fraction of sp³-hybridized carbons (Fsp3) is 0.455. The van der Waals surface area contributed by atoms with Crippen LogP contribution in [-0.2, 0) is 4.74 Å². The minimum Gasteiger partial charge on any atom is -0.483 e. The molecule has 0 heterocycles. The van der Waals surface area contributed by atoms with Crippen molar-refractivity contribution in [1.82, 2.24) is 0 Å². The van der Waals surface area contributed by atoms with E-state index in [9.17, 15) is 8.78 Å². The van der Waals surface area contributed by atoms with Crippen molar-refractivity contribution in [3.05, 3.63) is 28.2 Å². The molecule has 17 heavy (non-hydrogen) atoms. The first-order valence-electron chi connectivity index (χ1n) is 5.12. The van der Waals surface area contributed by atoms with Gasteiger partial charge in [-0.15, -0.1) is 0 Å². The van der Waals surface area contributed by atoms with Crippen LogP contribution in [0, 0.1) is 11.6 Å². The predicted molar refractivity (Wildman–Crippen MR) is 61.9 cm³/mol. The number of ether oxygens (including phenoxy) is 2. The molecule has 0 radical (unpaired) electrons. The normalized spacial score (nSPS) is 27.7. The minimum atomic E-state index is -0.743. The molecular weight excluding hydrogens is 296 g/mol. The smallest absolute Gasteiger partial charge is 0.169 e. The molecule has 2 N–H and O–H groups in total. The lowest BCUT2D eigenvalue weighted by Gasteiger charge is -2.41. The van der Waals surface area contributed by atoms with E-state index in [2.05, 4.69) is 15.9 Å². The highest BCUT2D eigenvalue weighted by molar-refractivity contribution is 9.10. The Morgan fingerprint density at radius 3 is 2.65 bits per heavy atom. The van der Waals surface area contributed by atoms with E-state index < -0.39 is 11.6 Å². The standard InChI is InChI=1S/C11H12BrF2NO2/c1-16-11-8(15)4-9(11)17-10-6(12)2-5(13)3-7(10)14/h2-3,8-9,11H,4,15H2,1H3. The summed E-state index contributed by atoms with van der Waals surface area (Å²) in [7, 11) is 1.52. The van der Waals surface area contributed by atoms with Gasteiger partial charge in [-0.25, -0.2) is 8.78 Å². The van der Waals surface area contributed by atoms with Crippen molar-refractivity contribution >= 4 is 15.9 Å². The quantitative estimate of drug-likeness (QED) is 0.931. The van der Waals surface area contributed by atoms with Crippen molar-refractivity contribution in [2.24, 2.45) is 5.73 Å². The van der Waals surface area contributed by atoms with Crippen molar-refractivity contribution in [1.29, 1.82) is 0 Å². The van der Waals surface area contributed by atoms with E-state index in [1.807, 2.05) is 0 Å². The molecule has 0 spiro atoms. The second-order valence-electron chi connectivity index (χ2n) is 3.95. The van der Waals surface area contributed by atoms with Crippen LogP contribution in [0.2, 0.25) is 0 Å². The number of benzene rings is 1. The fourth-order valence-electron chi connectivity index (χ4n) is 1.85. The van der Waals surface area contributed by atoms with Gasteiger partial charge in [0.05, 0.1) is 4.47 Å². The summed E-state index contributed by atoms with van der Waals surface area (Å²) in [5, 5.41) is 0. The van der Waals surface area contributed by atoms with Gasteiger partial charge in [-0.3, -0.25) is 0 Å². The summed E-state index contributed by atoms with van der Waals surface area (Å²) in [6.07, 6.45) is 0.0273. The Kier molecular flexibility index (Phi) is 3.65. The summed E-state index contributed by atoms with van der Waals surface area (Å²) in [6, 6.07) is 1.83. The maximum atomic E-state index is 13.5. The monoisotopic (exact) mass is 307 g/mol. The van der Waals surface area contributed by atoms with Crippen LogP contribution in [0.1, 0.15) is 6.42 Å². The van der Waals surface area contributed by atoms with Crippen LogP contribution in [0.25, 0.3) is 0 Å². The van der Waals surface area contributed by atoms with Gasteiger partial charge in [0, 0.05) is 25.6 Å². The van der Waals surface area contributed by atoms with Crippen molar-refractivity contribution in [3.63, 3.8) is 0 Å². The molecule has 1 aromatic carbocycles.